The number of aryl methyl sites for hydroxylation is 1. The largest absolute Gasteiger partial charge is 0.491 e. The summed E-state index contributed by atoms with van der Waals surface area (Å²) in [7, 11) is 0. The first-order chi connectivity index (χ1) is 16.0. The highest BCUT2D eigenvalue weighted by Gasteiger charge is 2.07. The molecule has 0 saturated carbocycles. The van der Waals surface area contributed by atoms with E-state index in [0.717, 1.165) is 23.4 Å². The van der Waals surface area contributed by atoms with Gasteiger partial charge in [0, 0.05) is 23.5 Å². The van der Waals surface area contributed by atoms with Gasteiger partial charge in [-0.2, -0.15) is 0 Å². The highest BCUT2D eigenvalue weighted by molar-refractivity contribution is 5.94. The van der Waals surface area contributed by atoms with E-state index in [1.807, 2.05) is 85.8 Å². The minimum atomic E-state index is -0.164. The molecule has 2 amide bonds. The summed E-state index contributed by atoms with van der Waals surface area (Å²) in [6.45, 7) is 4.20. The number of ether oxygens (including phenoxy) is 1. The molecular weight excluding hydrogens is 414 g/mol. The predicted octanol–water partition coefficient (Wildman–Crippen LogP) is 5.49. The van der Waals surface area contributed by atoms with Gasteiger partial charge in [0.15, 0.2) is 0 Å². The Morgan fingerprint density at radius 3 is 2.24 bits per heavy atom. The van der Waals surface area contributed by atoms with Crippen LogP contribution in [0.1, 0.15) is 32.3 Å². The molecule has 0 saturated heterocycles. The van der Waals surface area contributed by atoms with Gasteiger partial charge in [-0.15, -0.1) is 0 Å². The number of benzene rings is 3. The van der Waals surface area contributed by atoms with Crippen molar-refractivity contribution in [2.45, 2.75) is 39.2 Å². The normalized spacial score (nSPS) is 11.3. The van der Waals surface area contributed by atoms with E-state index < -0.39 is 0 Å². The first-order valence-corrected chi connectivity index (χ1v) is 11.3. The van der Waals surface area contributed by atoms with E-state index in [1.165, 1.54) is 0 Å². The van der Waals surface area contributed by atoms with Gasteiger partial charge in [0.05, 0.1) is 12.6 Å². The molecule has 0 fully saturated rings. The van der Waals surface area contributed by atoms with E-state index in [9.17, 15) is 9.59 Å². The van der Waals surface area contributed by atoms with Gasteiger partial charge >= 0.3 is 0 Å². The van der Waals surface area contributed by atoms with Crippen LogP contribution in [-0.2, 0) is 16.0 Å². The molecule has 1 atom stereocenters. The monoisotopic (exact) mass is 445 g/mol. The lowest BCUT2D eigenvalue weighted by Crippen LogP contribution is -2.21. The molecule has 0 bridgehead atoms. The quantitative estimate of drug-likeness (QED) is 0.365. The number of hydrogen-bond donors (Lipinski definition) is 3. The fraction of sp³-hybridized carbons (Fsp3) is 0.259. The van der Waals surface area contributed by atoms with Crippen molar-refractivity contribution in [1.29, 1.82) is 0 Å². The Kier molecular flexibility index (Phi) is 8.88. The van der Waals surface area contributed by atoms with Crippen LogP contribution < -0.4 is 20.7 Å². The second-order valence-electron chi connectivity index (χ2n) is 7.88. The zero-order valence-electron chi connectivity index (χ0n) is 19.1. The Morgan fingerprint density at radius 1 is 0.818 bits per heavy atom. The maximum atomic E-state index is 12.3. The molecule has 0 aromatic heterocycles. The molecule has 3 rings (SSSR count). The Balaban J connectivity index is 1.44. The third-order valence-corrected chi connectivity index (χ3v) is 5.13. The average molecular weight is 446 g/mol. The van der Waals surface area contributed by atoms with E-state index in [-0.39, 0.29) is 24.5 Å². The number of hydrogen-bond acceptors (Lipinski definition) is 4. The van der Waals surface area contributed by atoms with Crippen LogP contribution in [0, 0.1) is 0 Å². The van der Waals surface area contributed by atoms with Crippen molar-refractivity contribution in [3.8, 4) is 5.75 Å². The summed E-state index contributed by atoms with van der Waals surface area (Å²) < 4.78 is 5.75. The fourth-order valence-electron chi connectivity index (χ4n) is 3.15. The number of anilines is 3. The molecule has 0 aliphatic carbocycles. The Morgan fingerprint density at radius 2 is 1.52 bits per heavy atom. The van der Waals surface area contributed by atoms with Crippen LogP contribution in [0.15, 0.2) is 78.9 Å². The molecule has 3 aromatic carbocycles. The van der Waals surface area contributed by atoms with Gasteiger partial charge in [-0.3, -0.25) is 9.59 Å². The maximum Gasteiger partial charge on any atom is 0.243 e. The van der Waals surface area contributed by atoms with Crippen molar-refractivity contribution in [2.75, 3.05) is 22.5 Å². The lowest BCUT2D eigenvalue weighted by atomic mass is 10.1. The molecule has 172 valence electrons. The zero-order valence-corrected chi connectivity index (χ0v) is 19.1. The summed E-state index contributed by atoms with van der Waals surface area (Å²) in [6, 6.07) is 24.6. The fourth-order valence-corrected chi connectivity index (χ4v) is 3.15. The standard InChI is InChI=1S/C27H31N3O3/c1-3-20(2)33-25-15-13-22(14-16-25)29-27(32)19-28-23-10-7-11-24(18-23)30-26(31)17-12-21-8-5-4-6-9-21/h4-11,13-16,18,20,28H,3,12,17,19H2,1-2H3,(H,29,32)(H,30,31). The molecule has 0 spiro atoms. The first kappa shape index (κ1) is 23.9. The summed E-state index contributed by atoms with van der Waals surface area (Å²) in [4.78, 5) is 24.6. The SMILES string of the molecule is CCC(C)Oc1ccc(NC(=O)CNc2cccc(NC(=O)CCc3ccccc3)c2)cc1. The second-order valence-corrected chi connectivity index (χ2v) is 7.88. The summed E-state index contributed by atoms with van der Waals surface area (Å²) in [6.07, 6.45) is 2.18. The minimum Gasteiger partial charge on any atom is -0.491 e. The molecule has 1 unspecified atom stereocenters. The molecular formula is C27H31N3O3. The smallest absolute Gasteiger partial charge is 0.243 e. The minimum absolute atomic E-state index is 0.0468. The van der Waals surface area contributed by atoms with Gasteiger partial charge in [0.1, 0.15) is 5.75 Å². The predicted molar refractivity (Wildman–Crippen MR) is 134 cm³/mol. The van der Waals surface area contributed by atoms with Crippen LogP contribution in [-0.4, -0.2) is 24.5 Å². The number of amides is 2. The van der Waals surface area contributed by atoms with Gasteiger partial charge < -0.3 is 20.7 Å². The number of carbonyl (C=O) groups is 2. The van der Waals surface area contributed by atoms with Crippen LogP contribution in [0.3, 0.4) is 0 Å². The molecule has 6 nitrogen and oxygen atoms in total. The van der Waals surface area contributed by atoms with E-state index in [2.05, 4.69) is 22.9 Å². The van der Waals surface area contributed by atoms with Gasteiger partial charge in [-0.05, 0) is 67.8 Å². The van der Waals surface area contributed by atoms with E-state index in [1.54, 1.807) is 0 Å². The maximum absolute atomic E-state index is 12.3. The first-order valence-electron chi connectivity index (χ1n) is 11.3. The van der Waals surface area contributed by atoms with Crippen molar-refractivity contribution in [3.05, 3.63) is 84.4 Å². The molecule has 0 heterocycles. The van der Waals surface area contributed by atoms with Crippen molar-refractivity contribution < 1.29 is 14.3 Å². The van der Waals surface area contributed by atoms with E-state index in [0.29, 0.717) is 24.2 Å². The van der Waals surface area contributed by atoms with Gasteiger partial charge in [0.25, 0.3) is 0 Å². The van der Waals surface area contributed by atoms with Crippen molar-refractivity contribution >= 4 is 28.9 Å². The van der Waals surface area contributed by atoms with Crippen molar-refractivity contribution in [1.82, 2.24) is 0 Å². The highest BCUT2D eigenvalue weighted by atomic mass is 16.5. The van der Waals surface area contributed by atoms with Gasteiger partial charge in [-0.1, -0.05) is 43.3 Å². The Labute approximate surface area is 195 Å². The number of nitrogens with one attached hydrogen (secondary N) is 3. The van der Waals surface area contributed by atoms with Crippen LogP contribution in [0.4, 0.5) is 17.1 Å². The molecule has 3 aromatic rings. The van der Waals surface area contributed by atoms with Crippen molar-refractivity contribution in [2.24, 2.45) is 0 Å². The topological polar surface area (TPSA) is 79.5 Å². The van der Waals surface area contributed by atoms with Gasteiger partial charge in [0.2, 0.25) is 11.8 Å². The number of carbonyl (C=O) groups excluding carboxylic acids is 2. The van der Waals surface area contributed by atoms with Crippen molar-refractivity contribution in [3.63, 3.8) is 0 Å². The highest BCUT2D eigenvalue weighted by Crippen LogP contribution is 2.18. The van der Waals surface area contributed by atoms with Gasteiger partial charge in [-0.25, -0.2) is 0 Å². The molecule has 6 heteroatoms. The molecule has 0 radical (unpaired) electrons. The third kappa shape index (κ3) is 8.33. The summed E-state index contributed by atoms with van der Waals surface area (Å²) in [5, 5.41) is 8.86. The van der Waals surface area contributed by atoms with E-state index >= 15 is 0 Å². The molecule has 0 aliphatic heterocycles. The Hall–Kier alpha value is -3.80. The second kappa shape index (κ2) is 12.3. The van der Waals surface area contributed by atoms with Crippen LogP contribution in [0.25, 0.3) is 0 Å². The summed E-state index contributed by atoms with van der Waals surface area (Å²) in [5.74, 6) is 0.570. The van der Waals surface area contributed by atoms with Crippen LogP contribution >= 0.6 is 0 Å². The average Bonchev–Trinajstić information content (AvgIpc) is 2.83. The zero-order chi connectivity index (χ0) is 23.5. The van der Waals surface area contributed by atoms with Crippen LogP contribution in [0.2, 0.25) is 0 Å². The van der Waals surface area contributed by atoms with E-state index in [4.69, 9.17) is 4.74 Å². The summed E-state index contributed by atoms with van der Waals surface area (Å²) in [5.41, 5.74) is 3.28. The number of rotatable bonds is 11. The molecule has 0 aliphatic rings. The Bertz CT molecular complexity index is 1040. The lowest BCUT2D eigenvalue weighted by molar-refractivity contribution is -0.116. The molecule has 3 N–H and O–H groups in total. The molecule has 33 heavy (non-hydrogen) atoms. The lowest BCUT2D eigenvalue weighted by Gasteiger charge is -2.13. The summed E-state index contributed by atoms with van der Waals surface area (Å²) >= 11 is 0. The van der Waals surface area contributed by atoms with Crippen LogP contribution in [0.5, 0.6) is 5.75 Å². The third-order valence-electron chi connectivity index (χ3n) is 5.13.